The number of carboxylic acid groups (broad SMARTS) is 1. The number of nitrogens with zero attached hydrogens (tertiary/aromatic N) is 1. The Kier molecular flexibility index (Phi) is 5.25. The van der Waals surface area contributed by atoms with Gasteiger partial charge in [0.1, 0.15) is 0 Å². The summed E-state index contributed by atoms with van der Waals surface area (Å²) in [4.78, 5) is 24.9. The van der Waals surface area contributed by atoms with Crippen LogP contribution in [-0.2, 0) is 15.8 Å². The Bertz CT molecular complexity index is 919. The minimum absolute atomic E-state index is 0.0508. The van der Waals surface area contributed by atoms with Crippen molar-refractivity contribution in [2.75, 3.05) is 4.90 Å². The number of benzene rings is 1. The van der Waals surface area contributed by atoms with Gasteiger partial charge in [0.05, 0.1) is 22.1 Å². The number of thiocarbonyl (C=S) groups is 1. The first-order chi connectivity index (χ1) is 12.7. The SMILES string of the molecule is O=C(O)C1C=CC(/C=C2\SC(=S)N(c3cccc(C(F)(F)F)c3)C2=O)=CC1. The molecule has 27 heavy (non-hydrogen) atoms. The zero-order chi connectivity index (χ0) is 19.8. The largest absolute Gasteiger partial charge is 0.481 e. The minimum Gasteiger partial charge on any atom is -0.481 e. The van der Waals surface area contributed by atoms with E-state index in [-0.39, 0.29) is 14.9 Å². The lowest BCUT2D eigenvalue weighted by molar-refractivity contribution is -0.140. The molecule has 1 aromatic rings. The quantitative estimate of drug-likeness (QED) is 0.585. The molecule has 2 aliphatic rings. The molecule has 1 aromatic carbocycles. The molecule has 1 aliphatic carbocycles. The molecule has 3 rings (SSSR count). The molecule has 1 heterocycles. The molecule has 9 heteroatoms. The average molecular weight is 411 g/mol. The molecule has 1 saturated heterocycles. The van der Waals surface area contributed by atoms with Crippen LogP contribution >= 0.6 is 24.0 Å². The fraction of sp³-hybridized carbons (Fsp3) is 0.167. The van der Waals surface area contributed by atoms with Crippen LogP contribution in [0.15, 0.2) is 59.0 Å². The van der Waals surface area contributed by atoms with Crippen molar-refractivity contribution in [3.63, 3.8) is 0 Å². The third-order valence-electron chi connectivity index (χ3n) is 3.97. The summed E-state index contributed by atoms with van der Waals surface area (Å²) in [5, 5.41) is 8.97. The maximum atomic E-state index is 12.9. The van der Waals surface area contributed by atoms with E-state index >= 15 is 0 Å². The van der Waals surface area contributed by atoms with Crippen LogP contribution in [-0.4, -0.2) is 21.3 Å². The number of carboxylic acids is 1. The highest BCUT2D eigenvalue weighted by Gasteiger charge is 2.36. The number of amides is 1. The van der Waals surface area contributed by atoms with Gasteiger partial charge in [-0.1, -0.05) is 48.3 Å². The van der Waals surface area contributed by atoms with E-state index in [1.807, 2.05) is 0 Å². The number of carbonyl (C=O) groups excluding carboxylic acids is 1. The highest BCUT2D eigenvalue weighted by atomic mass is 32.2. The number of thioether (sulfide) groups is 1. The smallest absolute Gasteiger partial charge is 0.416 e. The zero-order valence-corrected chi connectivity index (χ0v) is 15.2. The Balaban J connectivity index is 1.84. The number of hydrogen-bond acceptors (Lipinski definition) is 4. The van der Waals surface area contributed by atoms with Crippen molar-refractivity contribution in [3.8, 4) is 0 Å². The van der Waals surface area contributed by atoms with Crippen LogP contribution in [0, 0.1) is 5.92 Å². The van der Waals surface area contributed by atoms with Crippen molar-refractivity contribution in [2.45, 2.75) is 12.6 Å². The van der Waals surface area contributed by atoms with E-state index in [0.29, 0.717) is 12.0 Å². The monoisotopic (exact) mass is 411 g/mol. The maximum Gasteiger partial charge on any atom is 0.416 e. The second-order valence-electron chi connectivity index (χ2n) is 5.81. The number of allylic oxidation sites excluding steroid dienone is 4. The van der Waals surface area contributed by atoms with Crippen LogP contribution in [0.25, 0.3) is 0 Å². The molecule has 0 aromatic heterocycles. The Labute approximate surface area is 162 Å². The van der Waals surface area contributed by atoms with Gasteiger partial charge in [-0.15, -0.1) is 0 Å². The van der Waals surface area contributed by atoms with Crippen molar-refractivity contribution in [3.05, 3.63) is 64.6 Å². The van der Waals surface area contributed by atoms with Gasteiger partial charge < -0.3 is 5.11 Å². The predicted molar refractivity (Wildman–Crippen MR) is 100 cm³/mol. The lowest BCUT2D eigenvalue weighted by Crippen LogP contribution is -2.27. The number of hydrogen-bond donors (Lipinski definition) is 1. The maximum absolute atomic E-state index is 12.9. The minimum atomic E-state index is -4.52. The molecule has 0 radical (unpaired) electrons. The summed E-state index contributed by atoms with van der Waals surface area (Å²) >= 11 is 6.15. The number of aliphatic carboxylic acids is 1. The highest BCUT2D eigenvalue weighted by molar-refractivity contribution is 8.27. The third-order valence-corrected chi connectivity index (χ3v) is 5.27. The summed E-state index contributed by atoms with van der Waals surface area (Å²) in [6.07, 6.45) is 2.15. The molecular weight excluding hydrogens is 399 g/mol. The van der Waals surface area contributed by atoms with E-state index < -0.39 is 29.5 Å². The van der Waals surface area contributed by atoms with E-state index in [0.717, 1.165) is 28.8 Å². The Morgan fingerprint density at radius 3 is 2.70 bits per heavy atom. The summed E-state index contributed by atoms with van der Waals surface area (Å²) in [6.45, 7) is 0. The number of rotatable bonds is 3. The van der Waals surface area contributed by atoms with Crippen LogP contribution in [0.5, 0.6) is 0 Å². The number of carbonyl (C=O) groups is 2. The molecule has 1 N–H and O–H groups in total. The first-order valence-corrected chi connectivity index (χ1v) is 8.95. The summed E-state index contributed by atoms with van der Waals surface area (Å²) in [7, 11) is 0. The standard InChI is InChI=1S/C18H12F3NO3S2/c19-18(20,21)12-2-1-3-13(9-12)22-15(23)14(27-17(22)26)8-10-4-6-11(7-5-10)16(24)25/h1-6,8-9,11H,7H2,(H,24,25)/b14-8-. The second kappa shape index (κ2) is 7.32. The van der Waals surface area contributed by atoms with Crippen LogP contribution < -0.4 is 4.90 Å². The molecule has 1 atom stereocenters. The van der Waals surface area contributed by atoms with Crippen molar-refractivity contribution in [2.24, 2.45) is 5.92 Å². The van der Waals surface area contributed by atoms with Crippen molar-refractivity contribution < 1.29 is 27.9 Å². The fourth-order valence-electron chi connectivity index (χ4n) is 2.59. The molecular formula is C18H12F3NO3S2. The second-order valence-corrected chi connectivity index (χ2v) is 7.48. The van der Waals surface area contributed by atoms with Crippen molar-refractivity contribution in [1.29, 1.82) is 0 Å². The van der Waals surface area contributed by atoms with Gasteiger partial charge in [-0.05, 0) is 36.3 Å². The Morgan fingerprint density at radius 2 is 2.11 bits per heavy atom. The topological polar surface area (TPSA) is 57.6 Å². The van der Waals surface area contributed by atoms with Gasteiger partial charge in [-0.25, -0.2) is 0 Å². The van der Waals surface area contributed by atoms with Crippen LogP contribution in [0.1, 0.15) is 12.0 Å². The average Bonchev–Trinajstić information content (AvgIpc) is 2.88. The Hall–Kier alpha value is -2.39. The molecule has 4 nitrogen and oxygen atoms in total. The number of anilines is 1. The molecule has 1 aliphatic heterocycles. The molecule has 1 fully saturated rings. The van der Waals surface area contributed by atoms with Crippen LogP contribution in [0.3, 0.4) is 0 Å². The van der Waals surface area contributed by atoms with E-state index in [1.54, 1.807) is 18.2 Å². The first kappa shape index (κ1) is 19.4. The van der Waals surface area contributed by atoms with Crippen LogP contribution in [0.4, 0.5) is 18.9 Å². The third kappa shape index (κ3) is 4.14. The first-order valence-electron chi connectivity index (χ1n) is 7.73. The number of halogens is 3. The zero-order valence-electron chi connectivity index (χ0n) is 13.6. The van der Waals surface area contributed by atoms with Gasteiger partial charge in [0, 0.05) is 0 Å². The summed E-state index contributed by atoms with van der Waals surface area (Å²) in [5.41, 5.74) is -0.164. The highest BCUT2D eigenvalue weighted by Crippen LogP contribution is 2.38. The lowest BCUT2D eigenvalue weighted by Gasteiger charge is -2.16. The predicted octanol–water partition coefficient (Wildman–Crippen LogP) is 4.54. The summed E-state index contributed by atoms with van der Waals surface area (Å²) in [5.74, 6) is -2.06. The molecule has 0 bridgehead atoms. The van der Waals surface area contributed by atoms with E-state index in [9.17, 15) is 22.8 Å². The van der Waals surface area contributed by atoms with Gasteiger partial charge >= 0.3 is 12.1 Å². The molecule has 0 saturated carbocycles. The molecule has 0 spiro atoms. The number of alkyl halides is 3. The Morgan fingerprint density at radius 1 is 1.37 bits per heavy atom. The van der Waals surface area contributed by atoms with Gasteiger partial charge in [0.2, 0.25) is 0 Å². The van der Waals surface area contributed by atoms with Gasteiger partial charge in [-0.2, -0.15) is 13.2 Å². The van der Waals surface area contributed by atoms with Crippen LogP contribution in [0.2, 0.25) is 0 Å². The van der Waals surface area contributed by atoms with E-state index in [2.05, 4.69) is 0 Å². The van der Waals surface area contributed by atoms with Gasteiger partial charge in [0.15, 0.2) is 4.32 Å². The van der Waals surface area contributed by atoms with Crippen molar-refractivity contribution >= 4 is 45.9 Å². The lowest BCUT2D eigenvalue weighted by atomic mass is 9.96. The summed E-state index contributed by atoms with van der Waals surface area (Å²) in [6, 6.07) is 4.41. The van der Waals surface area contributed by atoms with Gasteiger partial charge in [-0.3, -0.25) is 14.5 Å². The van der Waals surface area contributed by atoms with E-state index in [1.165, 1.54) is 18.2 Å². The summed E-state index contributed by atoms with van der Waals surface area (Å²) < 4.78 is 38.9. The molecule has 1 unspecified atom stereocenters. The fourth-order valence-corrected chi connectivity index (χ4v) is 3.89. The van der Waals surface area contributed by atoms with Gasteiger partial charge in [0.25, 0.3) is 5.91 Å². The normalized spacial score (nSPS) is 21.7. The van der Waals surface area contributed by atoms with Crippen molar-refractivity contribution in [1.82, 2.24) is 0 Å². The molecule has 140 valence electrons. The van der Waals surface area contributed by atoms with E-state index in [4.69, 9.17) is 17.3 Å². The molecule has 1 amide bonds.